The molecule has 1 saturated heterocycles. The zero-order valence-corrected chi connectivity index (χ0v) is 14.2. The third kappa shape index (κ3) is 4.79. The Labute approximate surface area is 136 Å². The van der Waals surface area contributed by atoms with Gasteiger partial charge >= 0.3 is 0 Å². The lowest BCUT2D eigenvalue weighted by atomic mass is 10.1. The van der Waals surface area contributed by atoms with E-state index in [-0.39, 0.29) is 23.3 Å². The molecule has 1 fully saturated rings. The highest BCUT2D eigenvalue weighted by Gasteiger charge is 2.33. The molecular formula is C16H22N2O4S. The Morgan fingerprint density at radius 2 is 1.96 bits per heavy atom. The quantitative estimate of drug-likeness (QED) is 0.850. The second-order valence-corrected chi connectivity index (χ2v) is 8.47. The van der Waals surface area contributed by atoms with Crippen LogP contribution in [0.2, 0.25) is 0 Å². The lowest BCUT2D eigenvalue weighted by Gasteiger charge is -2.14. The molecule has 1 aromatic carbocycles. The highest BCUT2D eigenvalue weighted by molar-refractivity contribution is 7.91. The fourth-order valence-corrected chi connectivity index (χ4v) is 4.16. The van der Waals surface area contributed by atoms with Crippen molar-refractivity contribution in [3.05, 3.63) is 29.8 Å². The van der Waals surface area contributed by atoms with Crippen LogP contribution >= 0.6 is 0 Å². The number of hydrogen-bond donors (Lipinski definition) is 2. The number of benzene rings is 1. The van der Waals surface area contributed by atoms with Gasteiger partial charge in [0, 0.05) is 6.54 Å². The van der Waals surface area contributed by atoms with Crippen molar-refractivity contribution in [1.29, 1.82) is 0 Å². The molecular weight excluding hydrogens is 316 g/mol. The van der Waals surface area contributed by atoms with Crippen LogP contribution < -0.4 is 10.6 Å². The van der Waals surface area contributed by atoms with Crippen LogP contribution in [0.1, 0.15) is 30.6 Å². The molecule has 1 unspecified atom stereocenters. The number of hydrogen-bond acceptors (Lipinski definition) is 4. The van der Waals surface area contributed by atoms with E-state index < -0.39 is 15.8 Å². The van der Waals surface area contributed by atoms with Gasteiger partial charge in [-0.1, -0.05) is 26.0 Å². The molecule has 1 aromatic rings. The van der Waals surface area contributed by atoms with Gasteiger partial charge in [-0.15, -0.1) is 0 Å². The predicted molar refractivity (Wildman–Crippen MR) is 89.0 cm³/mol. The Morgan fingerprint density at radius 1 is 1.26 bits per heavy atom. The van der Waals surface area contributed by atoms with Crippen molar-refractivity contribution < 1.29 is 18.0 Å². The van der Waals surface area contributed by atoms with Crippen molar-refractivity contribution in [3.8, 4) is 0 Å². The van der Waals surface area contributed by atoms with Crippen LogP contribution in [-0.4, -0.2) is 38.3 Å². The maximum absolute atomic E-state index is 12.2. The second kappa shape index (κ2) is 7.12. The average molecular weight is 338 g/mol. The number of carbonyl (C=O) groups is 2. The second-order valence-electron chi connectivity index (χ2n) is 6.24. The number of amides is 2. The van der Waals surface area contributed by atoms with E-state index in [0.717, 1.165) is 0 Å². The summed E-state index contributed by atoms with van der Waals surface area (Å²) in [6, 6.07) is 6.72. The van der Waals surface area contributed by atoms with Gasteiger partial charge in [0.05, 0.1) is 28.7 Å². The van der Waals surface area contributed by atoms with Gasteiger partial charge < -0.3 is 10.6 Å². The first kappa shape index (κ1) is 17.5. The van der Waals surface area contributed by atoms with Crippen LogP contribution in [0, 0.1) is 11.8 Å². The summed E-state index contributed by atoms with van der Waals surface area (Å²) in [4.78, 5) is 24.5. The standard InChI is InChI=1S/C16H22N2O4S/c1-11(2)9-17-16(20)13-5-3-4-6-14(13)18-15(19)12-7-8-23(21,22)10-12/h3-6,11-12H,7-10H2,1-2H3,(H,17,20)(H,18,19). The Hall–Kier alpha value is -1.89. The summed E-state index contributed by atoms with van der Waals surface area (Å²) in [7, 11) is -3.12. The molecule has 2 rings (SSSR count). The largest absolute Gasteiger partial charge is 0.352 e. The molecule has 1 atom stereocenters. The molecule has 7 heteroatoms. The molecule has 0 aromatic heterocycles. The van der Waals surface area contributed by atoms with E-state index >= 15 is 0 Å². The van der Waals surface area contributed by atoms with E-state index in [0.29, 0.717) is 30.1 Å². The third-order valence-corrected chi connectivity index (χ3v) is 5.47. The number of sulfone groups is 1. The maximum atomic E-state index is 12.2. The maximum Gasteiger partial charge on any atom is 0.253 e. The third-order valence-electron chi connectivity index (χ3n) is 3.70. The van der Waals surface area contributed by atoms with Crippen molar-refractivity contribution in [2.45, 2.75) is 20.3 Å². The predicted octanol–water partition coefficient (Wildman–Crippen LogP) is 1.45. The number of para-hydroxylation sites is 1. The Morgan fingerprint density at radius 3 is 2.57 bits per heavy atom. The van der Waals surface area contributed by atoms with Gasteiger partial charge in [-0.05, 0) is 24.5 Å². The Bertz CT molecular complexity index is 698. The van der Waals surface area contributed by atoms with Crippen molar-refractivity contribution >= 4 is 27.3 Å². The molecule has 0 saturated carbocycles. The molecule has 0 spiro atoms. The molecule has 23 heavy (non-hydrogen) atoms. The summed E-state index contributed by atoms with van der Waals surface area (Å²) in [5.41, 5.74) is 0.783. The molecule has 126 valence electrons. The minimum atomic E-state index is -3.12. The fourth-order valence-electron chi connectivity index (χ4n) is 2.42. The summed E-state index contributed by atoms with van der Waals surface area (Å²) in [6.07, 6.45) is 0.329. The lowest BCUT2D eigenvalue weighted by molar-refractivity contribution is -0.119. The van der Waals surface area contributed by atoms with Crippen LogP contribution in [0.3, 0.4) is 0 Å². The van der Waals surface area contributed by atoms with Crippen LogP contribution in [0.15, 0.2) is 24.3 Å². The molecule has 1 aliphatic heterocycles. The van der Waals surface area contributed by atoms with Gasteiger partial charge in [0.2, 0.25) is 5.91 Å². The molecule has 1 heterocycles. The zero-order valence-electron chi connectivity index (χ0n) is 13.3. The summed E-state index contributed by atoms with van der Waals surface area (Å²) in [6.45, 7) is 4.53. The summed E-state index contributed by atoms with van der Waals surface area (Å²) < 4.78 is 23.0. The van der Waals surface area contributed by atoms with E-state index in [1.807, 2.05) is 13.8 Å². The van der Waals surface area contributed by atoms with E-state index in [1.165, 1.54) is 0 Å². The summed E-state index contributed by atoms with van der Waals surface area (Å²) in [5, 5.41) is 5.50. The molecule has 6 nitrogen and oxygen atoms in total. The van der Waals surface area contributed by atoms with Crippen LogP contribution in [0.25, 0.3) is 0 Å². The molecule has 2 amide bonds. The molecule has 0 bridgehead atoms. The first-order chi connectivity index (χ1) is 10.8. The minimum Gasteiger partial charge on any atom is -0.352 e. The van der Waals surface area contributed by atoms with Gasteiger partial charge in [0.25, 0.3) is 5.91 Å². The van der Waals surface area contributed by atoms with Crippen LogP contribution in [0.5, 0.6) is 0 Å². The molecule has 0 radical (unpaired) electrons. The Kier molecular flexibility index (Phi) is 5.41. The highest BCUT2D eigenvalue weighted by Crippen LogP contribution is 2.22. The zero-order chi connectivity index (χ0) is 17.0. The highest BCUT2D eigenvalue weighted by atomic mass is 32.2. The summed E-state index contributed by atoms with van der Waals surface area (Å²) >= 11 is 0. The van der Waals surface area contributed by atoms with Crippen LogP contribution in [-0.2, 0) is 14.6 Å². The fraction of sp³-hybridized carbons (Fsp3) is 0.500. The smallest absolute Gasteiger partial charge is 0.253 e. The van der Waals surface area contributed by atoms with E-state index in [4.69, 9.17) is 0 Å². The normalized spacial score (nSPS) is 19.5. The van der Waals surface area contributed by atoms with Crippen molar-refractivity contribution in [1.82, 2.24) is 5.32 Å². The van der Waals surface area contributed by atoms with Crippen molar-refractivity contribution in [3.63, 3.8) is 0 Å². The topological polar surface area (TPSA) is 92.3 Å². The summed E-state index contributed by atoms with van der Waals surface area (Å²) in [5.74, 6) is -0.915. The van der Waals surface area contributed by atoms with Gasteiger partial charge in [-0.25, -0.2) is 8.42 Å². The molecule has 2 N–H and O–H groups in total. The number of nitrogens with one attached hydrogen (secondary N) is 2. The number of carbonyl (C=O) groups excluding carboxylic acids is 2. The Balaban J connectivity index is 2.08. The van der Waals surface area contributed by atoms with Crippen molar-refractivity contribution in [2.75, 3.05) is 23.4 Å². The SMILES string of the molecule is CC(C)CNC(=O)c1ccccc1NC(=O)C1CCS(=O)(=O)C1. The van der Waals surface area contributed by atoms with Gasteiger partial charge in [-0.2, -0.15) is 0 Å². The monoisotopic (exact) mass is 338 g/mol. The van der Waals surface area contributed by atoms with Crippen molar-refractivity contribution in [2.24, 2.45) is 11.8 Å². The molecule has 1 aliphatic rings. The van der Waals surface area contributed by atoms with E-state index in [2.05, 4.69) is 10.6 Å². The van der Waals surface area contributed by atoms with E-state index in [1.54, 1.807) is 24.3 Å². The number of rotatable bonds is 5. The lowest BCUT2D eigenvalue weighted by Crippen LogP contribution is -2.29. The first-order valence-corrected chi connectivity index (χ1v) is 9.49. The van der Waals surface area contributed by atoms with Crippen LogP contribution in [0.4, 0.5) is 5.69 Å². The molecule has 0 aliphatic carbocycles. The van der Waals surface area contributed by atoms with Gasteiger partial charge in [-0.3, -0.25) is 9.59 Å². The first-order valence-electron chi connectivity index (χ1n) is 7.67. The number of anilines is 1. The average Bonchev–Trinajstić information content (AvgIpc) is 2.85. The van der Waals surface area contributed by atoms with Gasteiger partial charge in [0.1, 0.15) is 0 Å². The van der Waals surface area contributed by atoms with Gasteiger partial charge in [0.15, 0.2) is 9.84 Å². The minimum absolute atomic E-state index is 0.0433. The van der Waals surface area contributed by atoms with E-state index in [9.17, 15) is 18.0 Å².